The van der Waals surface area contributed by atoms with Crippen molar-refractivity contribution in [2.24, 2.45) is 5.92 Å². The topological polar surface area (TPSA) is 41.6 Å². The van der Waals surface area contributed by atoms with Gasteiger partial charge in [0, 0.05) is 22.6 Å². The van der Waals surface area contributed by atoms with E-state index in [1.54, 1.807) is 47.4 Å². The number of hydrogen-bond donors (Lipinski definition) is 1. The van der Waals surface area contributed by atoms with E-state index in [2.05, 4.69) is 5.32 Å². The molecule has 184 valence electrons. The van der Waals surface area contributed by atoms with Gasteiger partial charge in [0.25, 0.3) is 0 Å². The minimum atomic E-state index is -0.753. The Labute approximate surface area is 207 Å². The lowest BCUT2D eigenvalue weighted by Gasteiger charge is -2.36. The molecule has 1 heterocycles. The Morgan fingerprint density at radius 3 is 2.43 bits per heavy atom. The van der Waals surface area contributed by atoms with Crippen LogP contribution < -0.4 is 10.1 Å². The van der Waals surface area contributed by atoms with Crippen LogP contribution in [0.4, 0.5) is 13.2 Å². The van der Waals surface area contributed by atoms with Gasteiger partial charge in [0.15, 0.2) is 11.6 Å². The van der Waals surface area contributed by atoms with Crippen molar-refractivity contribution in [3.8, 4) is 5.75 Å². The lowest BCUT2D eigenvalue weighted by atomic mass is 9.92. The first-order valence-electron chi connectivity index (χ1n) is 11.5. The van der Waals surface area contributed by atoms with E-state index < -0.39 is 23.5 Å². The van der Waals surface area contributed by atoms with E-state index in [1.807, 2.05) is 0 Å². The maximum absolute atomic E-state index is 15.1. The number of hydrogen-bond acceptors (Lipinski definition) is 3. The highest BCUT2D eigenvalue weighted by Gasteiger charge is 2.33. The predicted molar refractivity (Wildman–Crippen MR) is 129 cm³/mol. The van der Waals surface area contributed by atoms with Gasteiger partial charge in [-0.25, -0.2) is 13.2 Å². The lowest BCUT2D eigenvalue weighted by Crippen LogP contribution is -2.45. The van der Waals surface area contributed by atoms with E-state index in [0.29, 0.717) is 42.1 Å². The van der Waals surface area contributed by atoms with Crippen molar-refractivity contribution in [1.29, 1.82) is 0 Å². The zero-order chi connectivity index (χ0) is 24.8. The molecule has 1 unspecified atom stereocenters. The van der Waals surface area contributed by atoms with E-state index >= 15 is 4.39 Å². The third kappa shape index (κ3) is 6.16. The molecule has 1 N–H and O–H groups in total. The second-order valence-corrected chi connectivity index (χ2v) is 8.89. The van der Waals surface area contributed by atoms with E-state index in [-0.39, 0.29) is 30.7 Å². The molecule has 1 fully saturated rings. The Balaban J connectivity index is 1.69. The number of piperidine rings is 1. The number of benzene rings is 3. The zero-order valence-electron chi connectivity index (χ0n) is 19.0. The van der Waals surface area contributed by atoms with Crippen LogP contribution in [0.2, 0.25) is 5.02 Å². The summed E-state index contributed by atoms with van der Waals surface area (Å²) in [6, 6.07) is 15.4. The average molecular weight is 503 g/mol. The van der Waals surface area contributed by atoms with Crippen LogP contribution >= 0.6 is 11.6 Å². The van der Waals surface area contributed by atoms with Crippen LogP contribution in [0.15, 0.2) is 66.7 Å². The van der Waals surface area contributed by atoms with Gasteiger partial charge < -0.3 is 15.0 Å². The van der Waals surface area contributed by atoms with Crippen molar-refractivity contribution in [2.45, 2.75) is 18.9 Å². The van der Waals surface area contributed by atoms with Gasteiger partial charge in [-0.1, -0.05) is 41.9 Å². The van der Waals surface area contributed by atoms with Crippen molar-refractivity contribution in [3.05, 3.63) is 100 Å². The Kier molecular flexibility index (Phi) is 8.31. The fourth-order valence-corrected chi connectivity index (χ4v) is 4.51. The molecule has 4 rings (SSSR count). The molecule has 3 aromatic rings. The first-order chi connectivity index (χ1) is 16.9. The third-order valence-corrected chi connectivity index (χ3v) is 6.40. The summed E-state index contributed by atoms with van der Waals surface area (Å²) in [5, 5.41) is 3.76. The van der Waals surface area contributed by atoms with Crippen LogP contribution in [0.5, 0.6) is 5.75 Å². The van der Waals surface area contributed by atoms with Crippen LogP contribution in [0, 0.1) is 23.4 Å². The highest BCUT2D eigenvalue weighted by atomic mass is 35.5. The summed E-state index contributed by atoms with van der Waals surface area (Å²) < 4.78 is 48.2. The molecule has 1 saturated heterocycles. The summed E-state index contributed by atoms with van der Waals surface area (Å²) in [4.78, 5) is 15.4. The first kappa shape index (κ1) is 25.1. The monoisotopic (exact) mass is 502 g/mol. The van der Waals surface area contributed by atoms with Crippen molar-refractivity contribution >= 4 is 17.5 Å². The molecule has 8 heteroatoms. The molecule has 1 aliphatic rings. The molecule has 0 aliphatic carbocycles. The Morgan fingerprint density at radius 2 is 1.71 bits per heavy atom. The minimum absolute atomic E-state index is 0.0420. The number of nitrogens with one attached hydrogen (secondary N) is 1. The molecule has 0 bridgehead atoms. The Morgan fingerprint density at radius 1 is 1.00 bits per heavy atom. The van der Waals surface area contributed by atoms with Crippen molar-refractivity contribution in [1.82, 2.24) is 10.2 Å². The van der Waals surface area contributed by atoms with Gasteiger partial charge >= 0.3 is 0 Å². The molecule has 35 heavy (non-hydrogen) atoms. The van der Waals surface area contributed by atoms with Gasteiger partial charge in [-0.2, -0.15) is 0 Å². The summed E-state index contributed by atoms with van der Waals surface area (Å²) in [6.45, 7) is 1.36. The molecular formula is C27H26ClF3N2O2. The summed E-state index contributed by atoms with van der Waals surface area (Å²) in [5.74, 6) is -2.41. The van der Waals surface area contributed by atoms with Crippen LogP contribution in [-0.4, -0.2) is 37.0 Å². The number of halogens is 4. The summed E-state index contributed by atoms with van der Waals surface area (Å²) in [6.07, 6.45) is 1.30. The largest absolute Gasteiger partial charge is 0.489 e. The van der Waals surface area contributed by atoms with Crippen LogP contribution in [-0.2, 0) is 4.79 Å². The van der Waals surface area contributed by atoms with Gasteiger partial charge in [-0.3, -0.25) is 4.79 Å². The number of nitrogens with zero attached hydrogens (tertiary/aromatic N) is 1. The van der Waals surface area contributed by atoms with Gasteiger partial charge in [0.2, 0.25) is 5.91 Å². The molecular weight excluding hydrogens is 477 g/mol. The molecule has 0 aromatic heterocycles. The van der Waals surface area contributed by atoms with Crippen molar-refractivity contribution in [3.63, 3.8) is 0 Å². The number of ether oxygens (including phenoxy) is 1. The van der Waals surface area contributed by atoms with Crippen LogP contribution in [0.1, 0.15) is 30.0 Å². The molecule has 1 atom stereocenters. The van der Waals surface area contributed by atoms with Crippen molar-refractivity contribution < 1.29 is 22.7 Å². The molecule has 3 aromatic carbocycles. The molecule has 0 saturated carbocycles. The highest BCUT2D eigenvalue weighted by Crippen LogP contribution is 2.33. The summed E-state index contributed by atoms with van der Waals surface area (Å²) in [5.41, 5.74) is 1.01. The zero-order valence-corrected chi connectivity index (χ0v) is 19.8. The van der Waals surface area contributed by atoms with Gasteiger partial charge in [0.05, 0.1) is 12.6 Å². The number of carbonyl (C=O) groups is 1. The van der Waals surface area contributed by atoms with E-state index in [4.69, 9.17) is 16.3 Å². The third-order valence-electron chi connectivity index (χ3n) is 6.15. The van der Waals surface area contributed by atoms with Gasteiger partial charge in [0.1, 0.15) is 18.2 Å². The van der Waals surface area contributed by atoms with Gasteiger partial charge in [-0.05, 0) is 61.8 Å². The Bertz CT molecular complexity index is 1150. The fourth-order valence-electron chi connectivity index (χ4n) is 4.38. The second-order valence-electron chi connectivity index (χ2n) is 8.45. The quantitative estimate of drug-likeness (QED) is 0.426. The van der Waals surface area contributed by atoms with Crippen LogP contribution in [0.3, 0.4) is 0 Å². The maximum atomic E-state index is 15.1. The minimum Gasteiger partial charge on any atom is -0.489 e. The standard InChI is InChI=1S/C27H26ClF3N2O2/c28-20-7-5-18(6-8-20)26(22-3-1-2-4-23(22)30)33(27(34)19-11-13-32-14-12-19)15-16-35-25-17-21(29)9-10-24(25)31/h1-10,17,19,26,32H,11-16H2. The maximum Gasteiger partial charge on any atom is 0.226 e. The fraction of sp³-hybridized carbons (Fsp3) is 0.296. The number of rotatable bonds is 8. The van der Waals surface area contributed by atoms with Crippen LogP contribution in [0.25, 0.3) is 0 Å². The Hall–Kier alpha value is -3.03. The molecule has 0 spiro atoms. The SMILES string of the molecule is O=C(C1CCNCC1)N(CCOc1cc(F)ccc1F)C(c1ccc(Cl)cc1)c1ccccc1F. The highest BCUT2D eigenvalue weighted by molar-refractivity contribution is 6.30. The summed E-state index contributed by atoms with van der Waals surface area (Å²) >= 11 is 6.09. The van der Waals surface area contributed by atoms with E-state index in [0.717, 1.165) is 18.2 Å². The molecule has 4 nitrogen and oxygen atoms in total. The van der Waals surface area contributed by atoms with E-state index in [1.165, 1.54) is 6.07 Å². The first-order valence-corrected chi connectivity index (χ1v) is 11.9. The van der Waals surface area contributed by atoms with Crippen molar-refractivity contribution in [2.75, 3.05) is 26.2 Å². The average Bonchev–Trinajstić information content (AvgIpc) is 2.87. The number of carbonyl (C=O) groups excluding carboxylic acids is 1. The van der Waals surface area contributed by atoms with Gasteiger partial charge in [-0.15, -0.1) is 0 Å². The smallest absolute Gasteiger partial charge is 0.226 e. The lowest BCUT2D eigenvalue weighted by molar-refractivity contribution is -0.138. The summed E-state index contributed by atoms with van der Waals surface area (Å²) in [7, 11) is 0. The molecule has 0 radical (unpaired) electrons. The van der Waals surface area contributed by atoms with E-state index in [9.17, 15) is 13.6 Å². The molecule has 1 amide bonds. The molecule has 1 aliphatic heterocycles. The normalized spacial score (nSPS) is 15.0. The number of amides is 1. The second kappa shape index (κ2) is 11.6. The predicted octanol–water partition coefficient (Wildman–Crippen LogP) is 5.75.